The average Bonchev–Trinajstić information content (AvgIpc) is 2.47. The predicted octanol–water partition coefficient (Wildman–Crippen LogP) is 1.49. The Balaban J connectivity index is 3.07. The number of aryl methyl sites for hydroxylation is 2. The number of nitrogens with zero attached hydrogens (tertiary/aromatic N) is 1. The van der Waals surface area contributed by atoms with Crippen LogP contribution in [-0.2, 0) is 9.59 Å². The third-order valence-electron chi connectivity index (χ3n) is 3.50. The van der Waals surface area contributed by atoms with Crippen molar-refractivity contribution in [2.75, 3.05) is 13.1 Å². The van der Waals surface area contributed by atoms with Gasteiger partial charge in [-0.05, 0) is 44.0 Å². The molecule has 0 saturated carbocycles. The number of halogens is 1. The summed E-state index contributed by atoms with van der Waals surface area (Å²) in [4.78, 5) is 35.9. The molecule has 23 heavy (non-hydrogen) atoms. The summed E-state index contributed by atoms with van der Waals surface area (Å²) < 4.78 is 13.7. The minimum absolute atomic E-state index is 0.0430. The van der Waals surface area contributed by atoms with Crippen molar-refractivity contribution in [2.24, 2.45) is 0 Å². The summed E-state index contributed by atoms with van der Waals surface area (Å²) in [5, 5.41) is 11.7. The van der Waals surface area contributed by atoms with E-state index in [-0.39, 0.29) is 24.6 Å². The molecule has 1 unspecified atom stereocenters. The lowest BCUT2D eigenvalue weighted by Gasteiger charge is -2.27. The highest BCUT2D eigenvalue weighted by Gasteiger charge is 2.26. The first-order valence-electron chi connectivity index (χ1n) is 7.20. The fraction of sp³-hybridized carbons (Fsp3) is 0.438. The van der Waals surface area contributed by atoms with Gasteiger partial charge in [0.05, 0.1) is 0 Å². The van der Waals surface area contributed by atoms with E-state index in [0.29, 0.717) is 11.1 Å². The van der Waals surface area contributed by atoms with Crippen molar-refractivity contribution in [1.82, 2.24) is 10.2 Å². The van der Waals surface area contributed by atoms with E-state index in [1.165, 1.54) is 26.0 Å². The number of carbonyl (C=O) groups is 3. The van der Waals surface area contributed by atoms with Gasteiger partial charge in [0.2, 0.25) is 5.91 Å². The molecule has 2 N–H and O–H groups in total. The number of hydrogen-bond donors (Lipinski definition) is 2. The van der Waals surface area contributed by atoms with E-state index >= 15 is 0 Å². The third-order valence-corrected chi connectivity index (χ3v) is 3.50. The van der Waals surface area contributed by atoms with Crippen molar-refractivity contribution in [3.63, 3.8) is 0 Å². The quantitative estimate of drug-likeness (QED) is 0.830. The molecule has 2 amide bonds. The SMILES string of the molecule is CC(=O)NCCN(C(=O)c1cc(C)c(F)c(C)c1)C(C)C(=O)O. The van der Waals surface area contributed by atoms with Crippen LogP contribution in [0.1, 0.15) is 35.3 Å². The number of carboxylic acid groups (broad SMARTS) is 1. The van der Waals surface area contributed by atoms with Crippen LogP contribution < -0.4 is 5.32 Å². The normalized spacial score (nSPS) is 11.7. The van der Waals surface area contributed by atoms with Gasteiger partial charge in [-0.2, -0.15) is 0 Å². The molecule has 0 radical (unpaired) electrons. The van der Waals surface area contributed by atoms with E-state index in [2.05, 4.69) is 5.32 Å². The summed E-state index contributed by atoms with van der Waals surface area (Å²) in [6, 6.07) is 1.72. The molecule has 0 heterocycles. The standard InChI is InChI=1S/C16H21FN2O4/c1-9-7-13(8-10(2)14(9)17)15(21)19(11(3)16(22)23)6-5-18-12(4)20/h7-8,11H,5-6H2,1-4H3,(H,18,20)(H,22,23). The summed E-state index contributed by atoms with van der Waals surface area (Å²) in [5.41, 5.74) is 0.855. The van der Waals surface area contributed by atoms with Gasteiger partial charge < -0.3 is 15.3 Å². The van der Waals surface area contributed by atoms with Crippen LogP contribution in [0.5, 0.6) is 0 Å². The Bertz CT molecular complexity index is 608. The highest BCUT2D eigenvalue weighted by atomic mass is 19.1. The molecule has 0 bridgehead atoms. The number of rotatable bonds is 6. The minimum Gasteiger partial charge on any atom is -0.480 e. The second kappa shape index (κ2) is 7.71. The number of hydrogen-bond acceptors (Lipinski definition) is 3. The van der Waals surface area contributed by atoms with Crippen LogP contribution >= 0.6 is 0 Å². The molecular formula is C16H21FN2O4. The Morgan fingerprint density at radius 1 is 1.26 bits per heavy atom. The number of benzene rings is 1. The molecule has 0 aliphatic heterocycles. The van der Waals surface area contributed by atoms with Gasteiger partial charge in [0, 0.05) is 25.6 Å². The van der Waals surface area contributed by atoms with E-state index in [0.717, 1.165) is 4.90 Å². The number of carbonyl (C=O) groups excluding carboxylic acids is 2. The molecule has 1 aromatic carbocycles. The molecule has 0 spiro atoms. The van der Waals surface area contributed by atoms with Crippen molar-refractivity contribution >= 4 is 17.8 Å². The molecule has 1 atom stereocenters. The molecule has 1 rings (SSSR count). The highest BCUT2D eigenvalue weighted by molar-refractivity contribution is 5.97. The van der Waals surface area contributed by atoms with Crippen molar-refractivity contribution in [2.45, 2.75) is 33.7 Å². The lowest BCUT2D eigenvalue weighted by Crippen LogP contribution is -2.46. The predicted molar refractivity (Wildman–Crippen MR) is 82.7 cm³/mol. The maximum atomic E-state index is 13.7. The smallest absolute Gasteiger partial charge is 0.326 e. The third kappa shape index (κ3) is 4.77. The van der Waals surface area contributed by atoms with E-state index in [1.54, 1.807) is 13.8 Å². The van der Waals surface area contributed by atoms with Gasteiger partial charge in [-0.15, -0.1) is 0 Å². The first-order chi connectivity index (χ1) is 10.6. The van der Waals surface area contributed by atoms with E-state index < -0.39 is 23.7 Å². The van der Waals surface area contributed by atoms with Crippen LogP contribution in [-0.4, -0.2) is 46.9 Å². The number of carboxylic acids is 1. The Labute approximate surface area is 134 Å². The fourth-order valence-corrected chi connectivity index (χ4v) is 2.19. The van der Waals surface area contributed by atoms with Gasteiger partial charge in [0.15, 0.2) is 0 Å². The van der Waals surface area contributed by atoms with Crippen LogP contribution in [0.2, 0.25) is 0 Å². The molecule has 0 fully saturated rings. The summed E-state index contributed by atoms with van der Waals surface area (Å²) in [5.74, 6) is -2.33. The highest BCUT2D eigenvalue weighted by Crippen LogP contribution is 2.17. The summed E-state index contributed by atoms with van der Waals surface area (Å²) >= 11 is 0. The Morgan fingerprint density at radius 3 is 2.22 bits per heavy atom. The zero-order valence-electron chi connectivity index (χ0n) is 13.6. The van der Waals surface area contributed by atoms with Gasteiger partial charge in [-0.3, -0.25) is 9.59 Å². The van der Waals surface area contributed by atoms with Crippen molar-refractivity contribution in [3.05, 3.63) is 34.6 Å². The number of nitrogens with one attached hydrogen (secondary N) is 1. The van der Waals surface area contributed by atoms with Crippen molar-refractivity contribution in [1.29, 1.82) is 0 Å². The van der Waals surface area contributed by atoms with Gasteiger partial charge in [0.25, 0.3) is 5.91 Å². The average molecular weight is 324 g/mol. The molecule has 0 aliphatic carbocycles. The van der Waals surface area contributed by atoms with E-state index in [4.69, 9.17) is 5.11 Å². The molecular weight excluding hydrogens is 303 g/mol. The molecule has 1 aromatic rings. The van der Waals surface area contributed by atoms with Crippen LogP contribution in [0, 0.1) is 19.7 Å². The maximum absolute atomic E-state index is 13.7. The van der Waals surface area contributed by atoms with Crippen molar-refractivity contribution in [3.8, 4) is 0 Å². The topological polar surface area (TPSA) is 86.7 Å². The second-order valence-electron chi connectivity index (χ2n) is 5.42. The van der Waals surface area contributed by atoms with Crippen LogP contribution in [0.25, 0.3) is 0 Å². The van der Waals surface area contributed by atoms with Crippen molar-refractivity contribution < 1.29 is 23.9 Å². The van der Waals surface area contributed by atoms with E-state index in [1.807, 2.05) is 0 Å². The Morgan fingerprint density at radius 2 is 1.78 bits per heavy atom. The summed E-state index contributed by atoms with van der Waals surface area (Å²) in [6.45, 7) is 5.98. The molecule has 6 nitrogen and oxygen atoms in total. The zero-order chi connectivity index (χ0) is 17.7. The van der Waals surface area contributed by atoms with Gasteiger partial charge >= 0.3 is 5.97 Å². The first kappa shape index (κ1) is 18.6. The monoisotopic (exact) mass is 324 g/mol. The molecule has 0 aliphatic rings. The van der Waals surface area contributed by atoms with Crippen LogP contribution in [0.3, 0.4) is 0 Å². The summed E-state index contributed by atoms with van der Waals surface area (Å²) in [6.07, 6.45) is 0. The van der Waals surface area contributed by atoms with Gasteiger partial charge in [-0.25, -0.2) is 9.18 Å². The van der Waals surface area contributed by atoms with Crippen LogP contribution in [0.15, 0.2) is 12.1 Å². The molecule has 126 valence electrons. The van der Waals surface area contributed by atoms with E-state index in [9.17, 15) is 18.8 Å². The number of aliphatic carboxylic acids is 1. The van der Waals surface area contributed by atoms with Crippen LogP contribution in [0.4, 0.5) is 4.39 Å². The van der Waals surface area contributed by atoms with Gasteiger partial charge in [-0.1, -0.05) is 0 Å². The summed E-state index contributed by atoms with van der Waals surface area (Å²) in [7, 11) is 0. The molecule has 7 heteroatoms. The number of amides is 2. The first-order valence-corrected chi connectivity index (χ1v) is 7.20. The zero-order valence-corrected chi connectivity index (χ0v) is 13.6. The fourth-order valence-electron chi connectivity index (χ4n) is 2.19. The lowest BCUT2D eigenvalue weighted by molar-refractivity contribution is -0.141. The minimum atomic E-state index is -1.16. The largest absolute Gasteiger partial charge is 0.480 e. The maximum Gasteiger partial charge on any atom is 0.326 e. The molecule has 0 aromatic heterocycles. The molecule has 0 saturated heterocycles. The Hall–Kier alpha value is -2.44. The lowest BCUT2D eigenvalue weighted by atomic mass is 10.0. The van der Waals surface area contributed by atoms with Gasteiger partial charge in [0.1, 0.15) is 11.9 Å². The Kier molecular flexibility index (Phi) is 6.24. The second-order valence-corrected chi connectivity index (χ2v) is 5.42.